The predicted molar refractivity (Wildman–Crippen MR) is 274 cm³/mol. The molecule has 0 saturated carbocycles. The normalized spacial score (nSPS) is 13.2. The lowest BCUT2D eigenvalue weighted by atomic mass is 10.1. The van der Waals surface area contributed by atoms with Crippen molar-refractivity contribution >= 4 is 17.9 Å². The highest BCUT2D eigenvalue weighted by molar-refractivity contribution is 5.72. The van der Waals surface area contributed by atoms with Crippen molar-refractivity contribution in [3.05, 3.63) is 134 Å². The summed E-state index contributed by atoms with van der Waals surface area (Å²) in [4.78, 5) is 37.9. The average molecular weight is 883 g/mol. The van der Waals surface area contributed by atoms with E-state index in [0.717, 1.165) is 109 Å². The van der Waals surface area contributed by atoms with E-state index < -0.39 is 12.1 Å². The number of allylic oxidation sites excluding steroid dienone is 21. The van der Waals surface area contributed by atoms with Gasteiger partial charge in [0.25, 0.3) is 0 Å². The lowest BCUT2D eigenvalue weighted by Crippen LogP contribution is -2.30. The monoisotopic (exact) mass is 883 g/mol. The molecule has 0 N–H and O–H groups in total. The zero-order valence-corrected chi connectivity index (χ0v) is 40.7. The maximum atomic E-state index is 12.7. The quantitative estimate of drug-likeness (QED) is 0.0263. The summed E-state index contributed by atoms with van der Waals surface area (Å²) < 4.78 is 16.6. The van der Waals surface area contributed by atoms with E-state index in [1.165, 1.54) is 32.1 Å². The number of hydrogen-bond donors (Lipinski definition) is 0. The van der Waals surface area contributed by atoms with Gasteiger partial charge in [-0.2, -0.15) is 0 Å². The highest BCUT2D eigenvalue weighted by Crippen LogP contribution is 2.11. The van der Waals surface area contributed by atoms with Gasteiger partial charge in [-0.1, -0.05) is 193 Å². The molecule has 0 aliphatic rings. The van der Waals surface area contributed by atoms with Crippen LogP contribution in [0, 0.1) is 0 Å². The minimum absolute atomic E-state index is 0.0786. The number of hydrogen-bond acceptors (Lipinski definition) is 6. The van der Waals surface area contributed by atoms with Gasteiger partial charge in [-0.15, -0.1) is 0 Å². The summed E-state index contributed by atoms with van der Waals surface area (Å²) >= 11 is 0. The molecule has 6 nitrogen and oxygen atoms in total. The fourth-order valence-corrected chi connectivity index (χ4v) is 6.18. The fraction of sp³-hybridized carbons (Fsp3) is 0.569. The number of carbonyl (C=O) groups excluding carboxylic acids is 3. The van der Waals surface area contributed by atoms with Crippen molar-refractivity contribution in [3.8, 4) is 0 Å². The SMILES string of the molecule is CC/C=C\C/C=C\C/C=C\C/C=C\C/C=C\CC(=O)OC(COC(=O)CCCC/C=C\C/C=C\C/C=C\C/C=C\CC)COC(=O)CCCCCCC/C=C\C/C=C\CCCCCC. The molecule has 0 bridgehead atoms. The van der Waals surface area contributed by atoms with E-state index >= 15 is 0 Å². The van der Waals surface area contributed by atoms with Crippen LogP contribution < -0.4 is 0 Å². The lowest BCUT2D eigenvalue weighted by molar-refractivity contribution is -0.166. The zero-order chi connectivity index (χ0) is 46.5. The van der Waals surface area contributed by atoms with Crippen molar-refractivity contribution in [2.75, 3.05) is 13.2 Å². The number of ether oxygens (including phenoxy) is 3. The maximum absolute atomic E-state index is 12.7. The van der Waals surface area contributed by atoms with Gasteiger partial charge in [0.05, 0.1) is 6.42 Å². The van der Waals surface area contributed by atoms with Crippen LogP contribution in [0.1, 0.15) is 194 Å². The molecule has 0 aliphatic carbocycles. The number of esters is 3. The van der Waals surface area contributed by atoms with Crippen LogP contribution in [0.3, 0.4) is 0 Å². The highest BCUT2D eigenvalue weighted by atomic mass is 16.6. The van der Waals surface area contributed by atoms with Gasteiger partial charge in [-0.25, -0.2) is 0 Å². The summed E-state index contributed by atoms with van der Waals surface area (Å²) in [6, 6.07) is 0. The Labute approximate surface area is 392 Å². The van der Waals surface area contributed by atoms with Crippen molar-refractivity contribution in [2.24, 2.45) is 0 Å². The van der Waals surface area contributed by atoms with E-state index in [1.54, 1.807) is 6.08 Å². The molecule has 0 amide bonds. The molecule has 64 heavy (non-hydrogen) atoms. The summed E-state index contributed by atoms with van der Waals surface area (Å²) in [5.41, 5.74) is 0. The van der Waals surface area contributed by atoms with Crippen molar-refractivity contribution in [1.82, 2.24) is 0 Å². The van der Waals surface area contributed by atoms with Crippen LogP contribution in [0.25, 0.3) is 0 Å². The van der Waals surface area contributed by atoms with Gasteiger partial charge in [-0.05, 0) is 116 Å². The second-order valence-electron chi connectivity index (χ2n) is 16.0. The third-order valence-electron chi connectivity index (χ3n) is 9.90. The molecule has 0 saturated heterocycles. The van der Waals surface area contributed by atoms with Crippen molar-refractivity contribution < 1.29 is 28.6 Å². The van der Waals surface area contributed by atoms with Gasteiger partial charge >= 0.3 is 17.9 Å². The van der Waals surface area contributed by atoms with Gasteiger partial charge in [0.1, 0.15) is 13.2 Å². The molecule has 0 aliphatic heterocycles. The first-order chi connectivity index (χ1) is 31.5. The Morgan fingerprint density at radius 2 is 0.656 bits per heavy atom. The van der Waals surface area contributed by atoms with Crippen molar-refractivity contribution in [3.63, 3.8) is 0 Å². The smallest absolute Gasteiger partial charge is 0.310 e. The molecule has 6 heteroatoms. The summed E-state index contributed by atoms with van der Waals surface area (Å²) in [6.07, 6.45) is 71.7. The van der Waals surface area contributed by atoms with E-state index in [9.17, 15) is 14.4 Å². The summed E-state index contributed by atoms with van der Waals surface area (Å²) in [5, 5.41) is 0. The first kappa shape index (κ1) is 59.5. The van der Waals surface area contributed by atoms with Gasteiger partial charge < -0.3 is 14.2 Å². The topological polar surface area (TPSA) is 78.9 Å². The first-order valence-electron chi connectivity index (χ1n) is 25.2. The van der Waals surface area contributed by atoms with Crippen LogP contribution in [0.5, 0.6) is 0 Å². The van der Waals surface area contributed by atoms with E-state index in [4.69, 9.17) is 14.2 Å². The Kier molecular flexibility index (Phi) is 47.6. The molecule has 358 valence electrons. The molecule has 0 radical (unpaired) electrons. The zero-order valence-electron chi connectivity index (χ0n) is 40.7. The number of unbranched alkanes of at least 4 members (excludes halogenated alkanes) is 11. The van der Waals surface area contributed by atoms with Crippen LogP contribution in [0.15, 0.2) is 134 Å². The van der Waals surface area contributed by atoms with Crippen LogP contribution in [-0.2, 0) is 28.6 Å². The number of rotatable bonds is 43. The third-order valence-corrected chi connectivity index (χ3v) is 9.90. The summed E-state index contributed by atoms with van der Waals surface area (Å²) in [7, 11) is 0. The van der Waals surface area contributed by atoms with E-state index in [1.807, 2.05) is 6.08 Å². The second-order valence-corrected chi connectivity index (χ2v) is 16.0. The van der Waals surface area contributed by atoms with Gasteiger partial charge in [-0.3, -0.25) is 14.4 Å². The van der Waals surface area contributed by atoms with E-state index in [0.29, 0.717) is 19.3 Å². The predicted octanol–water partition coefficient (Wildman–Crippen LogP) is 16.7. The van der Waals surface area contributed by atoms with Gasteiger partial charge in [0, 0.05) is 12.8 Å². The summed E-state index contributed by atoms with van der Waals surface area (Å²) in [5.74, 6) is -1.14. The molecule has 0 aromatic heterocycles. The molecule has 0 aromatic carbocycles. The van der Waals surface area contributed by atoms with E-state index in [2.05, 4.69) is 142 Å². The van der Waals surface area contributed by atoms with Crippen molar-refractivity contribution in [1.29, 1.82) is 0 Å². The molecule has 1 atom stereocenters. The Morgan fingerprint density at radius 1 is 0.344 bits per heavy atom. The molecule has 0 aromatic rings. The molecule has 0 fully saturated rings. The largest absolute Gasteiger partial charge is 0.462 e. The average Bonchev–Trinajstić information content (AvgIpc) is 3.29. The Hall–Kier alpha value is -4.45. The highest BCUT2D eigenvalue weighted by Gasteiger charge is 2.19. The Balaban J connectivity index is 4.63. The molecule has 0 heterocycles. The molecule has 0 rings (SSSR count). The standard InChI is InChI=1S/C58H90O6/c1-4-7-10-13-16-19-22-25-28-31-33-36-39-42-45-48-51-57(60)63-54-55(64-58(61)52-49-46-43-40-37-34-30-27-24-21-18-15-12-9-6-3)53-62-56(59)50-47-44-41-38-35-32-29-26-23-20-17-14-11-8-5-2/h8-9,11-12,17-22,26-31,35,37-38,40,46,49,55H,4-7,10,13-16,23-25,32-34,36,39,41-45,47-48,50-54H2,1-3H3/b11-8-,12-9-,20-17-,21-18-,22-19-,29-26-,30-27-,31-28-,38-35-,40-37-,49-46-. The van der Waals surface area contributed by atoms with Crippen molar-refractivity contribution in [2.45, 2.75) is 200 Å². The fourth-order valence-electron chi connectivity index (χ4n) is 6.18. The van der Waals surface area contributed by atoms with Gasteiger partial charge in [0.2, 0.25) is 0 Å². The molecule has 0 spiro atoms. The minimum atomic E-state index is -0.859. The molecule has 1 unspecified atom stereocenters. The van der Waals surface area contributed by atoms with Crippen LogP contribution >= 0.6 is 0 Å². The van der Waals surface area contributed by atoms with Crippen LogP contribution in [-0.4, -0.2) is 37.2 Å². The van der Waals surface area contributed by atoms with Crippen LogP contribution in [0.4, 0.5) is 0 Å². The lowest BCUT2D eigenvalue weighted by Gasteiger charge is -2.18. The molecular formula is C58H90O6. The van der Waals surface area contributed by atoms with Gasteiger partial charge in [0.15, 0.2) is 6.10 Å². The number of carbonyl (C=O) groups is 3. The maximum Gasteiger partial charge on any atom is 0.310 e. The summed E-state index contributed by atoms with van der Waals surface area (Å²) in [6.45, 7) is 6.23. The first-order valence-corrected chi connectivity index (χ1v) is 25.2. The van der Waals surface area contributed by atoms with Crippen LogP contribution in [0.2, 0.25) is 0 Å². The second kappa shape index (κ2) is 51.2. The minimum Gasteiger partial charge on any atom is -0.462 e. The Morgan fingerprint density at radius 3 is 1.06 bits per heavy atom. The Bertz CT molecular complexity index is 1430. The third kappa shape index (κ3) is 48.6. The van der Waals surface area contributed by atoms with E-state index in [-0.39, 0.29) is 38.0 Å². The molecular weight excluding hydrogens is 793 g/mol.